The number of nitrogens with zero attached hydrogens (tertiary/aromatic N) is 4. The third kappa shape index (κ3) is 5.65. The number of piperidine rings is 1. The number of carboxylic acids is 1. The van der Waals surface area contributed by atoms with Gasteiger partial charge in [0.05, 0.1) is 23.6 Å². The van der Waals surface area contributed by atoms with E-state index in [0.717, 1.165) is 24.1 Å². The van der Waals surface area contributed by atoms with Crippen molar-refractivity contribution in [3.05, 3.63) is 41.2 Å². The number of fused-ring (bicyclic) bond motifs is 1. The number of amides is 3. The van der Waals surface area contributed by atoms with Gasteiger partial charge in [0.2, 0.25) is 11.8 Å². The molecule has 35 heavy (non-hydrogen) atoms. The van der Waals surface area contributed by atoms with Gasteiger partial charge in [0.1, 0.15) is 6.04 Å². The highest BCUT2D eigenvalue weighted by Gasteiger charge is 2.40. The fourth-order valence-corrected chi connectivity index (χ4v) is 3.81. The first-order valence-electron chi connectivity index (χ1n) is 10.7. The zero-order chi connectivity index (χ0) is 25.9. The number of hydrogen-bond donors (Lipinski definition) is 3. The van der Waals surface area contributed by atoms with Crippen LogP contribution in [0.25, 0.3) is 5.69 Å². The van der Waals surface area contributed by atoms with E-state index in [1.807, 2.05) is 6.07 Å². The molecule has 1 fully saturated rings. The molecule has 4 N–H and O–H groups in total. The Balaban J connectivity index is 0.000000429. The standard InChI is InChI=1S/C19H22N6O3.C2HF3O2/c1-2-4-13(20)14-10-25(23-22-14)15-6-3-5-11-12(15)9-24(19(11)28)16-7-8-17(26)21-18(16)27;3-2(4,5)1(6)7/h3,5-6,10,13,16H,2,4,7-9,20H2,1H3,(H,21,26,27);(H,6,7). The van der Waals surface area contributed by atoms with Crippen LogP contribution in [0.1, 0.15) is 60.3 Å². The maximum Gasteiger partial charge on any atom is 0.490 e. The van der Waals surface area contributed by atoms with Crippen LogP contribution in [0.15, 0.2) is 24.4 Å². The quantitative estimate of drug-likeness (QED) is 0.525. The summed E-state index contributed by atoms with van der Waals surface area (Å²) in [7, 11) is 0. The van der Waals surface area contributed by atoms with Crippen molar-refractivity contribution in [2.24, 2.45) is 5.73 Å². The number of aromatic nitrogens is 3. The SMILES string of the molecule is CCCC(N)c1cn(-c2cccc3c2CN(C2CCC(=O)NC2=O)C3=O)nn1.O=C(O)C(F)(F)F. The van der Waals surface area contributed by atoms with Crippen LogP contribution in [-0.2, 0) is 20.9 Å². The molecule has 0 aliphatic carbocycles. The van der Waals surface area contributed by atoms with E-state index in [2.05, 4.69) is 22.6 Å². The zero-order valence-corrected chi connectivity index (χ0v) is 18.6. The van der Waals surface area contributed by atoms with Crippen molar-refractivity contribution in [2.75, 3.05) is 0 Å². The molecule has 14 heteroatoms. The monoisotopic (exact) mass is 496 g/mol. The molecule has 2 unspecified atom stereocenters. The number of benzene rings is 1. The van der Waals surface area contributed by atoms with Gasteiger partial charge in [0.25, 0.3) is 5.91 Å². The average molecular weight is 496 g/mol. The van der Waals surface area contributed by atoms with Gasteiger partial charge in [0.15, 0.2) is 0 Å². The number of carbonyl (C=O) groups excluding carboxylic acids is 3. The molecular weight excluding hydrogens is 473 g/mol. The number of nitrogens with one attached hydrogen (secondary N) is 1. The molecule has 2 atom stereocenters. The minimum Gasteiger partial charge on any atom is -0.475 e. The molecule has 2 aromatic rings. The number of carbonyl (C=O) groups is 4. The number of alkyl halides is 3. The van der Waals surface area contributed by atoms with Gasteiger partial charge < -0.3 is 15.7 Å². The predicted molar refractivity (Wildman–Crippen MR) is 113 cm³/mol. The highest BCUT2D eigenvalue weighted by Crippen LogP contribution is 2.31. The fourth-order valence-electron chi connectivity index (χ4n) is 3.81. The first-order valence-corrected chi connectivity index (χ1v) is 10.7. The number of aliphatic carboxylic acids is 1. The van der Waals surface area contributed by atoms with Crippen molar-refractivity contribution in [1.82, 2.24) is 25.2 Å². The van der Waals surface area contributed by atoms with Crippen LogP contribution in [0.4, 0.5) is 13.2 Å². The summed E-state index contributed by atoms with van der Waals surface area (Å²) >= 11 is 0. The van der Waals surface area contributed by atoms with Gasteiger partial charge in [-0.3, -0.25) is 19.7 Å². The van der Waals surface area contributed by atoms with Gasteiger partial charge in [0, 0.05) is 24.1 Å². The number of nitrogens with two attached hydrogens (primary N) is 1. The number of carboxylic acid groups (broad SMARTS) is 1. The van der Waals surface area contributed by atoms with Crippen LogP contribution in [0.5, 0.6) is 0 Å². The second kappa shape index (κ2) is 10.2. The Morgan fingerprint density at radius 3 is 2.60 bits per heavy atom. The molecule has 0 saturated carbocycles. The topological polar surface area (TPSA) is 161 Å². The van der Waals surface area contributed by atoms with Crippen LogP contribution in [0.2, 0.25) is 0 Å². The molecule has 0 bridgehead atoms. The largest absolute Gasteiger partial charge is 0.490 e. The molecule has 3 heterocycles. The highest BCUT2D eigenvalue weighted by atomic mass is 19.4. The molecule has 0 spiro atoms. The summed E-state index contributed by atoms with van der Waals surface area (Å²) in [4.78, 5) is 46.9. The van der Waals surface area contributed by atoms with Crippen LogP contribution in [-0.4, -0.2) is 60.9 Å². The fraction of sp³-hybridized carbons (Fsp3) is 0.429. The van der Waals surface area contributed by atoms with Gasteiger partial charge in [-0.15, -0.1) is 5.10 Å². The van der Waals surface area contributed by atoms with Gasteiger partial charge in [-0.1, -0.05) is 24.6 Å². The Hall–Kier alpha value is -3.81. The summed E-state index contributed by atoms with van der Waals surface area (Å²) in [6, 6.07) is 4.57. The van der Waals surface area contributed by atoms with E-state index in [0.29, 0.717) is 17.7 Å². The molecule has 2 aliphatic rings. The van der Waals surface area contributed by atoms with E-state index in [9.17, 15) is 27.6 Å². The highest BCUT2D eigenvalue weighted by molar-refractivity contribution is 6.05. The molecule has 1 aromatic heterocycles. The van der Waals surface area contributed by atoms with Gasteiger partial charge >= 0.3 is 12.1 Å². The van der Waals surface area contributed by atoms with Gasteiger partial charge in [-0.05, 0) is 25.0 Å². The van der Waals surface area contributed by atoms with Crippen molar-refractivity contribution in [1.29, 1.82) is 0 Å². The molecule has 11 nitrogen and oxygen atoms in total. The Kier molecular flexibility index (Phi) is 7.53. The summed E-state index contributed by atoms with van der Waals surface area (Å²) in [6.07, 6.45) is -0.975. The van der Waals surface area contributed by atoms with E-state index in [-0.39, 0.29) is 30.8 Å². The van der Waals surface area contributed by atoms with Crippen LogP contribution in [0, 0.1) is 0 Å². The Morgan fingerprint density at radius 1 is 1.31 bits per heavy atom. The molecule has 3 amide bonds. The van der Waals surface area contributed by atoms with Crippen molar-refractivity contribution in [2.45, 2.75) is 57.4 Å². The summed E-state index contributed by atoms with van der Waals surface area (Å²) in [5, 5.41) is 17.8. The van der Waals surface area contributed by atoms with Crippen LogP contribution < -0.4 is 11.1 Å². The van der Waals surface area contributed by atoms with Crippen molar-refractivity contribution >= 4 is 23.7 Å². The predicted octanol–water partition coefficient (Wildman–Crippen LogP) is 1.46. The van der Waals surface area contributed by atoms with Gasteiger partial charge in [-0.25, -0.2) is 9.48 Å². The third-order valence-corrected chi connectivity index (χ3v) is 5.54. The van der Waals surface area contributed by atoms with Crippen molar-refractivity contribution in [3.63, 3.8) is 0 Å². The molecular formula is C21H23F3N6O5. The first kappa shape index (κ1) is 25.8. The third-order valence-electron chi connectivity index (χ3n) is 5.54. The summed E-state index contributed by atoms with van der Waals surface area (Å²) in [6.45, 7) is 2.34. The summed E-state index contributed by atoms with van der Waals surface area (Å²) in [5.74, 6) is -3.70. The van der Waals surface area contributed by atoms with E-state index in [1.165, 1.54) is 4.90 Å². The second-order valence-electron chi connectivity index (χ2n) is 7.99. The summed E-state index contributed by atoms with van der Waals surface area (Å²) in [5.41, 5.74) is 8.90. The lowest BCUT2D eigenvalue weighted by Gasteiger charge is -2.29. The number of imide groups is 1. The normalized spacial score (nSPS) is 18.5. The van der Waals surface area contributed by atoms with E-state index < -0.39 is 24.1 Å². The molecule has 0 radical (unpaired) electrons. The lowest BCUT2D eigenvalue weighted by atomic mass is 10.0. The lowest BCUT2D eigenvalue weighted by molar-refractivity contribution is -0.192. The van der Waals surface area contributed by atoms with Crippen LogP contribution >= 0.6 is 0 Å². The molecule has 2 aliphatic heterocycles. The number of halogens is 3. The molecule has 1 aromatic carbocycles. The van der Waals surface area contributed by atoms with E-state index in [1.54, 1.807) is 23.0 Å². The smallest absolute Gasteiger partial charge is 0.475 e. The van der Waals surface area contributed by atoms with Crippen molar-refractivity contribution in [3.8, 4) is 5.69 Å². The van der Waals surface area contributed by atoms with E-state index in [4.69, 9.17) is 15.6 Å². The minimum atomic E-state index is -5.08. The zero-order valence-electron chi connectivity index (χ0n) is 18.6. The lowest BCUT2D eigenvalue weighted by Crippen LogP contribution is -2.52. The number of hydrogen-bond acceptors (Lipinski definition) is 7. The van der Waals surface area contributed by atoms with Gasteiger partial charge in [-0.2, -0.15) is 13.2 Å². The van der Waals surface area contributed by atoms with E-state index >= 15 is 0 Å². The minimum absolute atomic E-state index is 0.183. The Bertz CT molecular complexity index is 1150. The second-order valence-corrected chi connectivity index (χ2v) is 7.99. The molecule has 1 saturated heterocycles. The molecule has 4 rings (SSSR count). The van der Waals surface area contributed by atoms with Crippen LogP contribution in [0.3, 0.4) is 0 Å². The maximum atomic E-state index is 12.9. The summed E-state index contributed by atoms with van der Waals surface area (Å²) < 4.78 is 33.4. The number of rotatable bonds is 5. The Morgan fingerprint density at radius 2 is 2.00 bits per heavy atom. The maximum absolute atomic E-state index is 12.9. The Labute approximate surface area is 197 Å². The van der Waals surface area contributed by atoms with Crippen molar-refractivity contribution < 1.29 is 37.5 Å². The average Bonchev–Trinajstić information content (AvgIpc) is 3.39. The molecule has 188 valence electrons. The first-order chi connectivity index (χ1) is 16.4.